The van der Waals surface area contributed by atoms with Crippen LogP contribution in [0.25, 0.3) is 0 Å². The average Bonchev–Trinajstić information content (AvgIpc) is 1.76. The predicted octanol–water partition coefficient (Wildman–Crippen LogP) is -0.0108. The number of carbonyl (C=O) groups excluding carboxylic acids is 1. The van der Waals surface area contributed by atoms with Crippen LogP contribution < -0.4 is 11.5 Å². The lowest BCUT2D eigenvalue weighted by Gasteiger charge is -2.57. The molecule has 1 amide bonds. The van der Waals surface area contributed by atoms with Gasteiger partial charge in [0.25, 0.3) is 0 Å². The Morgan fingerprint density at radius 1 is 1.45 bits per heavy atom. The lowest BCUT2D eigenvalue weighted by molar-refractivity contribution is -0.141. The van der Waals surface area contributed by atoms with Crippen molar-refractivity contribution in [2.45, 2.75) is 31.7 Å². The Bertz CT molecular complexity index is 196. The van der Waals surface area contributed by atoms with Gasteiger partial charge in [0.2, 0.25) is 5.91 Å². The van der Waals surface area contributed by atoms with Crippen molar-refractivity contribution in [3.63, 3.8) is 0 Å². The van der Waals surface area contributed by atoms with Gasteiger partial charge in [-0.3, -0.25) is 4.79 Å². The number of hydrogen-bond donors (Lipinski definition) is 2. The number of primary amides is 1. The van der Waals surface area contributed by atoms with Gasteiger partial charge in [0.05, 0.1) is 0 Å². The molecule has 1 unspecified atom stereocenters. The molecular formula is C8H14N2O. The molecule has 0 bridgehead atoms. The van der Waals surface area contributed by atoms with Gasteiger partial charge in [-0.05, 0) is 31.1 Å². The van der Waals surface area contributed by atoms with Crippen LogP contribution in [-0.2, 0) is 4.79 Å². The van der Waals surface area contributed by atoms with Crippen molar-refractivity contribution >= 4 is 5.91 Å². The molecule has 4 N–H and O–H groups in total. The van der Waals surface area contributed by atoms with Gasteiger partial charge >= 0.3 is 0 Å². The maximum atomic E-state index is 10.9. The number of carbonyl (C=O) groups is 1. The molecular weight excluding hydrogens is 140 g/mol. The van der Waals surface area contributed by atoms with Crippen LogP contribution in [-0.4, -0.2) is 11.9 Å². The molecule has 0 heterocycles. The molecule has 1 atom stereocenters. The zero-order valence-electron chi connectivity index (χ0n) is 6.55. The molecule has 2 saturated carbocycles. The average molecular weight is 154 g/mol. The standard InChI is InChI=1S/C8H14N2O/c9-5-3-8(4-5)2-1-6(8)7(10)11/h5-6H,1-4,9H2,(H2,10,11). The quantitative estimate of drug-likeness (QED) is 0.557. The summed E-state index contributed by atoms with van der Waals surface area (Å²) in [6.07, 6.45) is 4.18. The van der Waals surface area contributed by atoms with Crippen molar-refractivity contribution in [2.75, 3.05) is 0 Å². The van der Waals surface area contributed by atoms with Crippen molar-refractivity contribution < 1.29 is 4.79 Å². The largest absolute Gasteiger partial charge is 0.369 e. The third-order valence-electron chi connectivity index (χ3n) is 3.35. The maximum absolute atomic E-state index is 10.9. The molecule has 0 aromatic rings. The molecule has 0 aliphatic heterocycles. The molecule has 2 rings (SSSR count). The van der Waals surface area contributed by atoms with Crippen molar-refractivity contribution in [3.8, 4) is 0 Å². The van der Waals surface area contributed by atoms with Crippen LogP contribution in [0.2, 0.25) is 0 Å². The fourth-order valence-electron chi connectivity index (χ4n) is 2.61. The molecule has 62 valence electrons. The summed E-state index contributed by atoms with van der Waals surface area (Å²) in [6, 6.07) is 0.331. The molecule has 3 nitrogen and oxygen atoms in total. The van der Waals surface area contributed by atoms with Gasteiger partial charge in [-0.25, -0.2) is 0 Å². The first-order chi connectivity index (χ1) is 5.14. The molecule has 0 saturated heterocycles. The predicted molar refractivity (Wildman–Crippen MR) is 41.6 cm³/mol. The summed E-state index contributed by atoms with van der Waals surface area (Å²) in [5.74, 6) is 0.0189. The Morgan fingerprint density at radius 3 is 2.36 bits per heavy atom. The molecule has 2 aliphatic carbocycles. The zero-order chi connectivity index (χ0) is 8.06. The minimum Gasteiger partial charge on any atom is -0.369 e. The van der Waals surface area contributed by atoms with Crippen molar-refractivity contribution in [3.05, 3.63) is 0 Å². The van der Waals surface area contributed by atoms with E-state index in [4.69, 9.17) is 11.5 Å². The van der Waals surface area contributed by atoms with E-state index in [1.54, 1.807) is 0 Å². The third-order valence-corrected chi connectivity index (χ3v) is 3.35. The van der Waals surface area contributed by atoms with E-state index in [1.165, 1.54) is 0 Å². The molecule has 2 fully saturated rings. The minimum atomic E-state index is -0.122. The van der Waals surface area contributed by atoms with Crippen LogP contribution in [0.4, 0.5) is 0 Å². The van der Waals surface area contributed by atoms with Gasteiger partial charge in [0.1, 0.15) is 0 Å². The first-order valence-electron chi connectivity index (χ1n) is 4.19. The second-order valence-corrected chi connectivity index (χ2v) is 4.02. The molecule has 3 heteroatoms. The fraction of sp³-hybridized carbons (Fsp3) is 0.875. The Kier molecular flexibility index (Phi) is 1.27. The summed E-state index contributed by atoms with van der Waals surface area (Å²) in [5, 5.41) is 0. The van der Waals surface area contributed by atoms with E-state index in [-0.39, 0.29) is 17.2 Å². The van der Waals surface area contributed by atoms with E-state index in [0.29, 0.717) is 6.04 Å². The molecule has 2 aliphatic rings. The number of rotatable bonds is 1. The summed E-state index contributed by atoms with van der Waals surface area (Å²) < 4.78 is 0. The molecule has 11 heavy (non-hydrogen) atoms. The zero-order valence-corrected chi connectivity index (χ0v) is 6.55. The van der Waals surface area contributed by atoms with Crippen LogP contribution >= 0.6 is 0 Å². The highest BCUT2D eigenvalue weighted by Gasteiger charge is 2.56. The van der Waals surface area contributed by atoms with Crippen LogP contribution in [0.3, 0.4) is 0 Å². The van der Waals surface area contributed by atoms with Crippen molar-refractivity contribution in [1.82, 2.24) is 0 Å². The Balaban J connectivity index is 2.01. The van der Waals surface area contributed by atoms with Crippen LogP contribution in [0.15, 0.2) is 0 Å². The Labute approximate surface area is 66.1 Å². The smallest absolute Gasteiger partial charge is 0.221 e. The second kappa shape index (κ2) is 1.97. The van der Waals surface area contributed by atoms with Gasteiger partial charge in [-0.2, -0.15) is 0 Å². The Morgan fingerprint density at radius 2 is 2.09 bits per heavy atom. The third kappa shape index (κ3) is 0.805. The monoisotopic (exact) mass is 154 g/mol. The summed E-state index contributed by atoms with van der Waals surface area (Å²) in [7, 11) is 0. The van der Waals surface area contributed by atoms with Crippen molar-refractivity contribution in [2.24, 2.45) is 22.8 Å². The minimum absolute atomic E-state index is 0.122. The maximum Gasteiger partial charge on any atom is 0.221 e. The van der Waals surface area contributed by atoms with Gasteiger partial charge in [-0.15, -0.1) is 0 Å². The lowest BCUT2D eigenvalue weighted by atomic mass is 9.48. The van der Waals surface area contributed by atoms with Crippen LogP contribution in [0.5, 0.6) is 0 Å². The van der Waals surface area contributed by atoms with E-state index in [0.717, 1.165) is 25.7 Å². The highest BCUT2D eigenvalue weighted by Crippen LogP contribution is 2.58. The normalized spacial score (nSPS) is 48.1. The highest BCUT2D eigenvalue weighted by molar-refractivity contribution is 5.78. The molecule has 0 aromatic heterocycles. The molecule has 0 radical (unpaired) electrons. The van der Waals surface area contributed by atoms with Gasteiger partial charge in [0, 0.05) is 12.0 Å². The number of nitrogens with two attached hydrogens (primary N) is 2. The summed E-state index contributed by atoms with van der Waals surface area (Å²) >= 11 is 0. The van der Waals surface area contributed by atoms with E-state index < -0.39 is 0 Å². The topological polar surface area (TPSA) is 69.1 Å². The van der Waals surface area contributed by atoms with Gasteiger partial charge < -0.3 is 11.5 Å². The second-order valence-electron chi connectivity index (χ2n) is 4.02. The van der Waals surface area contributed by atoms with E-state index >= 15 is 0 Å². The Hall–Kier alpha value is -0.570. The number of hydrogen-bond acceptors (Lipinski definition) is 2. The molecule has 0 aromatic carbocycles. The SMILES string of the molecule is NC(=O)C1CCC12CC(N)C2. The highest BCUT2D eigenvalue weighted by atomic mass is 16.1. The number of amides is 1. The fourth-order valence-corrected chi connectivity index (χ4v) is 2.61. The lowest BCUT2D eigenvalue weighted by Crippen LogP contribution is -2.58. The summed E-state index contributed by atoms with van der Waals surface area (Å²) in [6.45, 7) is 0. The van der Waals surface area contributed by atoms with Crippen molar-refractivity contribution in [1.29, 1.82) is 0 Å². The van der Waals surface area contributed by atoms with Crippen LogP contribution in [0, 0.1) is 11.3 Å². The molecule has 1 spiro atoms. The summed E-state index contributed by atoms with van der Waals surface area (Å²) in [5.41, 5.74) is 11.2. The first kappa shape index (κ1) is 7.10. The van der Waals surface area contributed by atoms with Gasteiger partial charge in [0.15, 0.2) is 0 Å². The first-order valence-corrected chi connectivity index (χ1v) is 4.19. The van der Waals surface area contributed by atoms with E-state index in [2.05, 4.69) is 0 Å². The van der Waals surface area contributed by atoms with Crippen LogP contribution in [0.1, 0.15) is 25.7 Å². The summed E-state index contributed by atoms with van der Waals surface area (Å²) in [4.78, 5) is 10.9. The van der Waals surface area contributed by atoms with Gasteiger partial charge in [-0.1, -0.05) is 0 Å². The van der Waals surface area contributed by atoms with E-state index in [1.807, 2.05) is 0 Å². The van der Waals surface area contributed by atoms with E-state index in [9.17, 15) is 4.79 Å².